The highest BCUT2D eigenvalue weighted by atomic mass is 32.1. The first-order valence-corrected chi connectivity index (χ1v) is 6.24. The Morgan fingerprint density at radius 1 is 1.12 bits per heavy atom. The molecule has 0 aliphatic rings. The molecule has 5 nitrogen and oxygen atoms in total. The fraction of sp³-hybridized carbons (Fsp3) is 0.818. The Hall–Kier alpha value is -1.04. The molecule has 1 amide bonds. The molecular weight excluding hydrogens is 238 g/mol. The minimum absolute atomic E-state index is 0.410. The number of carbonyl (C=O) groups is 1. The Morgan fingerprint density at radius 3 is 2.18 bits per heavy atom. The lowest BCUT2D eigenvalue weighted by Gasteiger charge is -2.19. The van der Waals surface area contributed by atoms with E-state index in [-0.39, 0.29) is 0 Å². The van der Waals surface area contributed by atoms with Crippen LogP contribution in [0.4, 0.5) is 4.79 Å². The van der Waals surface area contributed by atoms with Crippen LogP contribution in [0.1, 0.15) is 34.1 Å². The highest BCUT2D eigenvalue weighted by molar-refractivity contribution is 7.80. The van der Waals surface area contributed by atoms with Crippen molar-refractivity contribution in [1.29, 1.82) is 0 Å². The standard InChI is InChI=1S/C11H23N3O2S/c1-5-6-12-9(17)13-7-8-14-10(15)16-11(2,3)4/h5-8H2,1-4H3,(H,14,15)(H2,12,13,17). The molecule has 0 saturated carbocycles. The highest BCUT2D eigenvalue weighted by Crippen LogP contribution is 2.05. The Morgan fingerprint density at radius 2 is 1.65 bits per heavy atom. The van der Waals surface area contributed by atoms with E-state index in [1.54, 1.807) is 0 Å². The van der Waals surface area contributed by atoms with E-state index in [9.17, 15) is 4.79 Å². The van der Waals surface area contributed by atoms with E-state index in [0.717, 1.165) is 13.0 Å². The summed E-state index contributed by atoms with van der Waals surface area (Å²) < 4.78 is 5.08. The van der Waals surface area contributed by atoms with E-state index in [4.69, 9.17) is 17.0 Å². The lowest BCUT2D eigenvalue weighted by atomic mass is 10.2. The Kier molecular flexibility index (Phi) is 7.61. The van der Waals surface area contributed by atoms with Gasteiger partial charge in [0.15, 0.2) is 5.11 Å². The number of amides is 1. The monoisotopic (exact) mass is 261 g/mol. The fourth-order valence-electron chi connectivity index (χ4n) is 0.956. The largest absolute Gasteiger partial charge is 0.444 e. The lowest BCUT2D eigenvalue weighted by molar-refractivity contribution is 0.0529. The van der Waals surface area contributed by atoms with Gasteiger partial charge in [0.05, 0.1) is 0 Å². The van der Waals surface area contributed by atoms with E-state index in [2.05, 4.69) is 22.9 Å². The van der Waals surface area contributed by atoms with Crippen molar-refractivity contribution in [2.75, 3.05) is 19.6 Å². The second kappa shape index (κ2) is 8.11. The number of alkyl carbamates (subject to hydrolysis) is 1. The van der Waals surface area contributed by atoms with Gasteiger partial charge in [-0.25, -0.2) is 4.79 Å². The molecule has 0 unspecified atom stereocenters. The molecular formula is C11H23N3O2S. The summed E-state index contributed by atoms with van der Waals surface area (Å²) in [7, 11) is 0. The molecule has 3 N–H and O–H groups in total. The average molecular weight is 261 g/mol. The van der Waals surface area contributed by atoms with Crippen LogP contribution in [-0.2, 0) is 4.74 Å². The van der Waals surface area contributed by atoms with Gasteiger partial charge < -0.3 is 20.7 Å². The molecule has 0 aromatic rings. The third-order valence-corrected chi connectivity index (χ3v) is 1.90. The summed E-state index contributed by atoms with van der Waals surface area (Å²) in [5.74, 6) is 0. The van der Waals surface area contributed by atoms with Crippen molar-refractivity contribution < 1.29 is 9.53 Å². The van der Waals surface area contributed by atoms with Crippen molar-refractivity contribution in [3.8, 4) is 0 Å². The number of hydrogen-bond acceptors (Lipinski definition) is 3. The average Bonchev–Trinajstić information content (AvgIpc) is 2.19. The number of thiocarbonyl (C=S) groups is 1. The first-order chi connectivity index (χ1) is 7.85. The quantitative estimate of drug-likeness (QED) is 0.515. The SMILES string of the molecule is CCCNC(=S)NCCNC(=O)OC(C)(C)C. The van der Waals surface area contributed by atoms with Crippen molar-refractivity contribution in [3.63, 3.8) is 0 Å². The molecule has 0 aliphatic heterocycles. The summed E-state index contributed by atoms with van der Waals surface area (Å²) in [6, 6.07) is 0. The molecule has 17 heavy (non-hydrogen) atoms. The predicted octanol–water partition coefficient (Wildman–Crippen LogP) is 1.39. The van der Waals surface area contributed by atoms with Crippen LogP contribution < -0.4 is 16.0 Å². The number of carbonyl (C=O) groups excluding carboxylic acids is 1. The number of nitrogens with one attached hydrogen (secondary N) is 3. The predicted molar refractivity (Wildman–Crippen MR) is 73.1 cm³/mol. The van der Waals surface area contributed by atoms with E-state index < -0.39 is 11.7 Å². The normalized spacial score (nSPS) is 10.6. The Balaban J connectivity index is 3.51. The lowest BCUT2D eigenvalue weighted by Crippen LogP contribution is -2.41. The molecule has 0 saturated heterocycles. The minimum atomic E-state index is -0.463. The van der Waals surface area contributed by atoms with Crippen molar-refractivity contribution in [2.45, 2.75) is 39.7 Å². The van der Waals surface area contributed by atoms with Gasteiger partial charge in [-0.2, -0.15) is 0 Å². The summed E-state index contributed by atoms with van der Waals surface area (Å²) in [5.41, 5.74) is -0.463. The zero-order chi connectivity index (χ0) is 13.3. The second-order valence-electron chi connectivity index (χ2n) is 4.61. The zero-order valence-corrected chi connectivity index (χ0v) is 11.9. The smallest absolute Gasteiger partial charge is 0.407 e. The van der Waals surface area contributed by atoms with Crippen molar-refractivity contribution in [2.24, 2.45) is 0 Å². The van der Waals surface area contributed by atoms with E-state index in [0.29, 0.717) is 18.2 Å². The third kappa shape index (κ3) is 11.2. The molecule has 0 fully saturated rings. The van der Waals surface area contributed by atoms with Gasteiger partial charge in [0.1, 0.15) is 5.60 Å². The molecule has 100 valence electrons. The van der Waals surface area contributed by atoms with E-state index >= 15 is 0 Å². The molecule has 0 aromatic heterocycles. The molecule has 0 bridgehead atoms. The number of ether oxygens (including phenoxy) is 1. The van der Waals surface area contributed by atoms with Gasteiger partial charge in [0.25, 0.3) is 0 Å². The topological polar surface area (TPSA) is 62.4 Å². The summed E-state index contributed by atoms with van der Waals surface area (Å²) >= 11 is 5.02. The van der Waals surface area contributed by atoms with Crippen LogP contribution in [0.2, 0.25) is 0 Å². The summed E-state index contributed by atoms with van der Waals surface area (Å²) in [6.07, 6.45) is 0.615. The van der Waals surface area contributed by atoms with Crippen molar-refractivity contribution >= 4 is 23.4 Å². The van der Waals surface area contributed by atoms with Gasteiger partial charge in [0.2, 0.25) is 0 Å². The molecule has 0 aromatic carbocycles. The summed E-state index contributed by atoms with van der Waals surface area (Å²) in [6.45, 7) is 9.46. The number of rotatable bonds is 5. The van der Waals surface area contributed by atoms with Crippen LogP contribution in [-0.4, -0.2) is 36.4 Å². The van der Waals surface area contributed by atoms with Gasteiger partial charge in [-0.1, -0.05) is 6.92 Å². The third-order valence-electron chi connectivity index (χ3n) is 1.61. The molecule has 0 spiro atoms. The van der Waals surface area contributed by atoms with Crippen molar-refractivity contribution in [1.82, 2.24) is 16.0 Å². The van der Waals surface area contributed by atoms with Gasteiger partial charge in [0, 0.05) is 19.6 Å². The van der Waals surface area contributed by atoms with Crippen LogP contribution in [0, 0.1) is 0 Å². The summed E-state index contributed by atoms with van der Waals surface area (Å²) in [5, 5.41) is 9.27. The van der Waals surface area contributed by atoms with Crippen molar-refractivity contribution in [3.05, 3.63) is 0 Å². The van der Waals surface area contributed by atoms with Gasteiger partial charge in [-0.15, -0.1) is 0 Å². The van der Waals surface area contributed by atoms with E-state index in [1.165, 1.54) is 0 Å². The second-order valence-corrected chi connectivity index (χ2v) is 5.02. The van der Waals surface area contributed by atoms with Crippen LogP contribution in [0.25, 0.3) is 0 Å². The van der Waals surface area contributed by atoms with Crippen LogP contribution in [0.3, 0.4) is 0 Å². The van der Waals surface area contributed by atoms with Gasteiger partial charge in [-0.05, 0) is 39.4 Å². The van der Waals surface area contributed by atoms with Gasteiger partial charge in [-0.3, -0.25) is 0 Å². The first-order valence-electron chi connectivity index (χ1n) is 5.83. The highest BCUT2D eigenvalue weighted by Gasteiger charge is 2.15. The summed E-state index contributed by atoms with van der Waals surface area (Å²) in [4.78, 5) is 11.3. The van der Waals surface area contributed by atoms with Crippen LogP contribution in [0.15, 0.2) is 0 Å². The fourth-order valence-corrected chi connectivity index (χ4v) is 1.16. The molecule has 0 atom stereocenters. The number of hydrogen-bond donors (Lipinski definition) is 3. The maximum Gasteiger partial charge on any atom is 0.407 e. The van der Waals surface area contributed by atoms with Crippen LogP contribution in [0.5, 0.6) is 0 Å². The Labute approximate surface area is 109 Å². The molecule has 0 rings (SSSR count). The Bertz CT molecular complexity index is 252. The molecule has 0 heterocycles. The minimum Gasteiger partial charge on any atom is -0.444 e. The van der Waals surface area contributed by atoms with Crippen LogP contribution >= 0.6 is 12.2 Å². The molecule has 6 heteroatoms. The maximum absolute atomic E-state index is 11.3. The maximum atomic E-state index is 11.3. The van der Waals surface area contributed by atoms with E-state index in [1.807, 2.05) is 20.8 Å². The van der Waals surface area contributed by atoms with Gasteiger partial charge >= 0.3 is 6.09 Å². The molecule has 0 aliphatic carbocycles. The first kappa shape index (κ1) is 16.0. The zero-order valence-electron chi connectivity index (χ0n) is 11.1. The molecule has 0 radical (unpaired) electrons.